The van der Waals surface area contributed by atoms with Crippen LogP contribution in [0.25, 0.3) is 0 Å². The number of rotatable bonds is 6. The summed E-state index contributed by atoms with van der Waals surface area (Å²) in [6.45, 7) is 6.01. The maximum absolute atomic E-state index is 8.85. The van der Waals surface area contributed by atoms with Crippen LogP contribution in [0.2, 0.25) is 0 Å². The minimum absolute atomic E-state index is 0.0896. The summed E-state index contributed by atoms with van der Waals surface area (Å²) in [4.78, 5) is 12.6. The van der Waals surface area contributed by atoms with Gasteiger partial charge in [-0.1, -0.05) is 24.3 Å². The minimum Gasteiger partial charge on any atom is -0.394 e. The predicted molar refractivity (Wildman–Crippen MR) is 120 cm³/mol. The third kappa shape index (κ3) is 3.95. The largest absolute Gasteiger partial charge is 0.394 e. The lowest BCUT2D eigenvalue weighted by molar-refractivity contribution is 0.0652. The molecule has 2 fully saturated rings. The number of para-hydroxylation sites is 3. The predicted octanol–water partition coefficient (Wildman–Crippen LogP) is 3.01. The van der Waals surface area contributed by atoms with Crippen molar-refractivity contribution in [3.05, 3.63) is 54.1 Å². The van der Waals surface area contributed by atoms with Gasteiger partial charge in [0.25, 0.3) is 0 Å². The van der Waals surface area contributed by atoms with Crippen molar-refractivity contribution in [2.75, 3.05) is 57.4 Å². The first kappa shape index (κ1) is 19.5. The molecule has 0 unspecified atom stereocenters. The zero-order valence-electron chi connectivity index (χ0n) is 17.4. The van der Waals surface area contributed by atoms with Gasteiger partial charge in [-0.25, -0.2) is 4.99 Å². The van der Waals surface area contributed by atoms with E-state index in [-0.39, 0.29) is 6.61 Å². The van der Waals surface area contributed by atoms with Crippen LogP contribution < -0.4 is 4.90 Å². The summed E-state index contributed by atoms with van der Waals surface area (Å²) in [6.07, 6.45) is 2.49. The standard InChI is InChI=1S/C24H30N4O2/c29-16-18-30-17-15-26-11-13-27(14-12-26)24-20-5-1-3-7-22(20)28(19-9-10-19)23-8-4-2-6-21(23)25-24/h1-8,19,29H,9-18H2. The van der Waals surface area contributed by atoms with Crippen molar-refractivity contribution in [3.63, 3.8) is 0 Å². The molecule has 2 heterocycles. The lowest BCUT2D eigenvalue weighted by Crippen LogP contribution is -2.49. The number of anilines is 2. The van der Waals surface area contributed by atoms with Crippen molar-refractivity contribution >= 4 is 22.9 Å². The molecule has 0 aromatic heterocycles. The van der Waals surface area contributed by atoms with E-state index in [4.69, 9.17) is 14.8 Å². The van der Waals surface area contributed by atoms with Gasteiger partial charge >= 0.3 is 0 Å². The van der Waals surface area contributed by atoms with Gasteiger partial charge in [0.2, 0.25) is 0 Å². The van der Waals surface area contributed by atoms with Gasteiger partial charge in [-0.05, 0) is 37.1 Å². The van der Waals surface area contributed by atoms with E-state index in [0.717, 1.165) is 44.2 Å². The molecule has 0 bridgehead atoms. The number of benzene rings is 2. The second-order valence-corrected chi connectivity index (χ2v) is 8.21. The monoisotopic (exact) mass is 406 g/mol. The van der Waals surface area contributed by atoms with E-state index in [1.54, 1.807) is 0 Å². The summed E-state index contributed by atoms with van der Waals surface area (Å²) < 4.78 is 5.44. The molecule has 6 heteroatoms. The lowest BCUT2D eigenvalue weighted by atomic mass is 10.1. The Hall–Kier alpha value is -2.41. The van der Waals surface area contributed by atoms with Crippen LogP contribution in [-0.2, 0) is 4.74 Å². The van der Waals surface area contributed by atoms with Crippen LogP contribution in [0.1, 0.15) is 18.4 Å². The number of hydrogen-bond donors (Lipinski definition) is 1. The summed E-state index contributed by atoms with van der Waals surface area (Å²) in [5.41, 5.74) is 4.81. The Morgan fingerprint density at radius 3 is 2.40 bits per heavy atom. The van der Waals surface area contributed by atoms with Crippen LogP contribution in [-0.4, -0.2) is 79.3 Å². The fraction of sp³-hybridized carbons (Fsp3) is 0.458. The topological polar surface area (TPSA) is 51.5 Å². The van der Waals surface area contributed by atoms with Gasteiger partial charge in [-0.2, -0.15) is 0 Å². The fourth-order valence-electron chi connectivity index (χ4n) is 4.45. The highest BCUT2D eigenvalue weighted by Crippen LogP contribution is 2.46. The molecule has 30 heavy (non-hydrogen) atoms. The number of amidine groups is 1. The summed E-state index contributed by atoms with van der Waals surface area (Å²) >= 11 is 0. The highest BCUT2D eigenvalue weighted by molar-refractivity contribution is 6.08. The molecule has 1 aliphatic carbocycles. The van der Waals surface area contributed by atoms with Crippen molar-refractivity contribution in [1.82, 2.24) is 9.80 Å². The van der Waals surface area contributed by atoms with Crippen molar-refractivity contribution < 1.29 is 9.84 Å². The molecule has 0 amide bonds. The van der Waals surface area contributed by atoms with Crippen molar-refractivity contribution in [2.24, 2.45) is 4.99 Å². The van der Waals surface area contributed by atoms with Crippen LogP contribution >= 0.6 is 0 Å². The Morgan fingerprint density at radius 1 is 0.900 bits per heavy atom. The van der Waals surface area contributed by atoms with Crippen LogP contribution in [0.5, 0.6) is 0 Å². The Labute approximate surface area is 178 Å². The zero-order chi connectivity index (χ0) is 20.3. The zero-order valence-corrected chi connectivity index (χ0v) is 17.4. The molecule has 2 aromatic rings. The number of fused-ring (bicyclic) bond motifs is 2. The highest BCUT2D eigenvalue weighted by Gasteiger charge is 2.35. The second kappa shape index (κ2) is 8.76. The highest BCUT2D eigenvalue weighted by atomic mass is 16.5. The van der Waals surface area contributed by atoms with Crippen LogP contribution in [0.4, 0.5) is 17.1 Å². The molecule has 0 spiro atoms. The first-order chi connectivity index (χ1) is 14.8. The van der Waals surface area contributed by atoms with E-state index < -0.39 is 0 Å². The maximum Gasteiger partial charge on any atom is 0.138 e. The molecule has 158 valence electrons. The van der Waals surface area contributed by atoms with Crippen LogP contribution in [0.3, 0.4) is 0 Å². The quantitative estimate of drug-likeness (QED) is 0.748. The van der Waals surface area contributed by atoms with Crippen LogP contribution in [0.15, 0.2) is 53.5 Å². The maximum atomic E-state index is 8.85. The fourth-order valence-corrected chi connectivity index (χ4v) is 4.45. The molecule has 2 aliphatic heterocycles. The third-order valence-electron chi connectivity index (χ3n) is 6.14. The van der Waals surface area contributed by atoms with Crippen molar-refractivity contribution in [3.8, 4) is 0 Å². The molecule has 2 aromatic carbocycles. The molecule has 1 N–H and O–H groups in total. The number of piperazine rings is 1. The summed E-state index contributed by atoms with van der Waals surface area (Å²) in [5.74, 6) is 1.09. The molecule has 1 saturated heterocycles. The first-order valence-electron chi connectivity index (χ1n) is 11.1. The normalized spacial score (nSPS) is 19.2. The van der Waals surface area contributed by atoms with Gasteiger partial charge in [0.1, 0.15) is 5.84 Å². The Kier molecular flexibility index (Phi) is 5.71. The van der Waals surface area contributed by atoms with E-state index in [0.29, 0.717) is 19.3 Å². The molecule has 3 aliphatic rings. The average molecular weight is 407 g/mol. The first-order valence-corrected chi connectivity index (χ1v) is 11.1. The summed E-state index contributed by atoms with van der Waals surface area (Å²) in [5, 5.41) is 8.85. The average Bonchev–Trinajstić information content (AvgIpc) is 3.63. The number of aliphatic hydroxyl groups is 1. The van der Waals surface area contributed by atoms with Gasteiger partial charge in [0, 0.05) is 44.3 Å². The lowest BCUT2D eigenvalue weighted by Gasteiger charge is -2.37. The van der Waals surface area contributed by atoms with Crippen LogP contribution in [0, 0.1) is 0 Å². The second-order valence-electron chi connectivity index (χ2n) is 8.21. The molecular weight excluding hydrogens is 376 g/mol. The van der Waals surface area contributed by atoms with E-state index >= 15 is 0 Å². The SMILES string of the molecule is OCCOCCN1CCN(C2=Nc3ccccc3N(C3CC3)c3ccccc32)CC1. The van der Waals surface area contributed by atoms with E-state index in [1.165, 1.54) is 29.8 Å². The Morgan fingerprint density at radius 2 is 1.63 bits per heavy atom. The third-order valence-corrected chi connectivity index (χ3v) is 6.14. The van der Waals surface area contributed by atoms with Gasteiger partial charge in [0.15, 0.2) is 0 Å². The summed E-state index contributed by atoms with van der Waals surface area (Å²) in [6, 6.07) is 17.9. The smallest absolute Gasteiger partial charge is 0.138 e. The number of nitrogens with zero attached hydrogens (tertiary/aromatic N) is 4. The van der Waals surface area contributed by atoms with Crippen molar-refractivity contribution in [2.45, 2.75) is 18.9 Å². The molecule has 6 nitrogen and oxygen atoms in total. The van der Waals surface area contributed by atoms with Gasteiger partial charge in [0.05, 0.1) is 36.9 Å². The van der Waals surface area contributed by atoms with E-state index in [2.05, 4.69) is 63.2 Å². The number of aliphatic imine (C=N–C) groups is 1. The summed E-state index contributed by atoms with van der Waals surface area (Å²) in [7, 11) is 0. The van der Waals surface area contributed by atoms with Gasteiger partial charge in [-0.3, -0.25) is 4.90 Å². The Balaban J connectivity index is 1.40. The molecule has 0 atom stereocenters. The molecule has 1 saturated carbocycles. The number of ether oxygens (including phenoxy) is 1. The van der Waals surface area contributed by atoms with Gasteiger partial charge in [-0.15, -0.1) is 0 Å². The van der Waals surface area contributed by atoms with E-state index in [9.17, 15) is 0 Å². The van der Waals surface area contributed by atoms with E-state index in [1.807, 2.05) is 0 Å². The number of hydrogen-bond acceptors (Lipinski definition) is 6. The minimum atomic E-state index is 0.0896. The molecular formula is C24H30N4O2. The molecule has 5 rings (SSSR count). The van der Waals surface area contributed by atoms with Crippen molar-refractivity contribution in [1.29, 1.82) is 0 Å². The molecule has 0 radical (unpaired) electrons. The number of aliphatic hydroxyl groups excluding tert-OH is 1. The Bertz CT molecular complexity index is 904. The van der Waals surface area contributed by atoms with Gasteiger partial charge < -0.3 is 19.6 Å².